The second-order valence-corrected chi connectivity index (χ2v) is 7.08. The summed E-state index contributed by atoms with van der Waals surface area (Å²) in [7, 11) is 0. The standard InChI is InChI=1S/C20H22N2O5/c1-3-27-20(26)13-8-10-22-16(11(2)15(17(13)22)19(24)25)18(23)14-7-6-12-5-4-9-21(12)14/h6-7,13H,3-5,8-10H2,1-2H3,(H,24,25). The summed E-state index contributed by atoms with van der Waals surface area (Å²) in [6, 6.07) is 3.78. The molecular formula is C20H22N2O5. The average Bonchev–Trinajstić information content (AvgIpc) is 3.33. The highest BCUT2D eigenvalue weighted by molar-refractivity contribution is 6.10. The number of fused-ring (bicyclic) bond motifs is 2. The van der Waals surface area contributed by atoms with Crippen LogP contribution in [0.5, 0.6) is 0 Å². The summed E-state index contributed by atoms with van der Waals surface area (Å²) in [5, 5.41) is 9.76. The van der Waals surface area contributed by atoms with Crippen molar-refractivity contribution in [1.82, 2.24) is 9.13 Å². The Morgan fingerprint density at radius 1 is 1.22 bits per heavy atom. The molecule has 2 aromatic rings. The second-order valence-electron chi connectivity index (χ2n) is 7.08. The maximum atomic E-state index is 13.3. The molecule has 0 bridgehead atoms. The number of nitrogens with zero attached hydrogens (tertiary/aromatic N) is 2. The van der Waals surface area contributed by atoms with Gasteiger partial charge in [0.15, 0.2) is 0 Å². The number of aryl methyl sites for hydroxylation is 1. The Kier molecular flexibility index (Phi) is 4.17. The molecule has 2 aliphatic heterocycles. The molecular weight excluding hydrogens is 348 g/mol. The van der Waals surface area contributed by atoms with Crippen LogP contribution >= 0.6 is 0 Å². The van der Waals surface area contributed by atoms with Crippen molar-refractivity contribution >= 4 is 17.7 Å². The van der Waals surface area contributed by atoms with E-state index < -0.39 is 17.9 Å². The molecule has 4 heterocycles. The number of ketones is 1. The van der Waals surface area contributed by atoms with Crippen molar-refractivity contribution in [1.29, 1.82) is 0 Å². The number of carboxylic acids is 1. The minimum Gasteiger partial charge on any atom is -0.478 e. The molecule has 4 rings (SSSR count). The fourth-order valence-electron chi connectivity index (χ4n) is 4.52. The van der Waals surface area contributed by atoms with Gasteiger partial charge < -0.3 is 19.0 Å². The SMILES string of the molecule is CCOC(=O)C1CCn2c(C(=O)c3ccc4n3CCC4)c(C)c(C(=O)O)c21. The lowest BCUT2D eigenvalue weighted by Gasteiger charge is -2.10. The largest absolute Gasteiger partial charge is 0.478 e. The first-order valence-electron chi connectivity index (χ1n) is 9.31. The predicted octanol–water partition coefficient (Wildman–Crippen LogP) is 2.52. The molecule has 1 N–H and O–H groups in total. The van der Waals surface area contributed by atoms with Gasteiger partial charge in [0.05, 0.1) is 29.5 Å². The molecule has 1 unspecified atom stereocenters. The Balaban J connectivity index is 1.84. The molecule has 0 saturated heterocycles. The average molecular weight is 370 g/mol. The zero-order valence-corrected chi connectivity index (χ0v) is 15.4. The van der Waals surface area contributed by atoms with Crippen LogP contribution in [0, 0.1) is 6.92 Å². The van der Waals surface area contributed by atoms with E-state index in [4.69, 9.17) is 4.74 Å². The van der Waals surface area contributed by atoms with Crippen molar-refractivity contribution in [2.75, 3.05) is 6.61 Å². The number of carboxylic acid groups (broad SMARTS) is 1. The number of carbonyl (C=O) groups is 3. The highest BCUT2D eigenvalue weighted by atomic mass is 16.5. The van der Waals surface area contributed by atoms with E-state index in [9.17, 15) is 19.5 Å². The number of ether oxygens (including phenoxy) is 1. The molecule has 0 fully saturated rings. The third kappa shape index (κ3) is 2.52. The van der Waals surface area contributed by atoms with Gasteiger partial charge in [-0.3, -0.25) is 9.59 Å². The van der Waals surface area contributed by atoms with Gasteiger partial charge in [0.25, 0.3) is 0 Å². The molecule has 27 heavy (non-hydrogen) atoms. The first kappa shape index (κ1) is 17.6. The fourth-order valence-corrected chi connectivity index (χ4v) is 4.52. The molecule has 0 amide bonds. The lowest BCUT2D eigenvalue weighted by atomic mass is 9.98. The van der Waals surface area contributed by atoms with Gasteiger partial charge in [-0.05, 0) is 50.8 Å². The van der Waals surface area contributed by atoms with E-state index in [2.05, 4.69) is 0 Å². The smallest absolute Gasteiger partial charge is 0.337 e. The Morgan fingerprint density at radius 2 is 2.00 bits per heavy atom. The highest BCUT2D eigenvalue weighted by Gasteiger charge is 2.40. The van der Waals surface area contributed by atoms with Crippen LogP contribution in [0.1, 0.15) is 69.2 Å². The Hall–Kier alpha value is -2.83. The van der Waals surface area contributed by atoms with E-state index in [-0.39, 0.29) is 18.0 Å². The second kappa shape index (κ2) is 6.40. The van der Waals surface area contributed by atoms with Gasteiger partial charge in [0.1, 0.15) is 0 Å². The topological polar surface area (TPSA) is 90.5 Å². The number of carbonyl (C=O) groups excluding carboxylic acids is 2. The Bertz CT molecular complexity index is 966. The molecule has 2 aliphatic rings. The minimum atomic E-state index is -1.12. The predicted molar refractivity (Wildman–Crippen MR) is 96.3 cm³/mol. The molecule has 2 aromatic heterocycles. The normalized spacial score (nSPS) is 17.6. The van der Waals surface area contributed by atoms with Crippen LogP contribution < -0.4 is 0 Å². The van der Waals surface area contributed by atoms with E-state index in [1.807, 2.05) is 16.7 Å². The van der Waals surface area contributed by atoms with Crippen molar-refractivity contribution in [3.8, 4) is 0 Å². The summed E-state index contributed by atoms with van der Waals surface area (Å²) in [6.07, 6.45) is 2.40. The summed E-state index contributed by atoms with van der Waals surface area (Å²) in [5.74, 6) is -2.38. The number of esters is 1. The van der Waals surface area contributed by atoms with E-state index in [0.29, 0.717) is 35.6 Å². The number of hydrogen-bond acceptors (Lipinski definition) is 4. The molecule has 7 nitrogen and oxygen atoms in total. The van der Waals surface area contributed by atoms with Crippen LogP contribution in [0.4, 0.5) is 0 Å². The van der Waals surface area contributed by atoms with Crippen LogP contribution in [0.2, 0.25) is 0 Å². The lowest BCUT2D eigenvalue weighted by Crippen LogP contribution is -2.16. The van der Waals surface area contributed by atoms with E-state index in [0.717, 1.165) is 25.1 Å². The van der Waals surface area contributed by atoms with Crippen LogP contribution in [0.3, 0.4) is 0 Å². The van der Waals surface area contributed by atoms with Crippen LogP contribution in [-0.4, -0.2) is 38.6 Å². The number of hydrogen-bond donors (Lipinski definition) is 1. The molecule has 0 aromatic carbocycles. The van der Waals surface area contributed by atoms with Gasteiger partial charge in [-0.25, -0.2) is 4.79 Å². The van der Waals surface area contributed by atoms with E-state index in [1.54, 1.807) is 18.4 Å². The van der Waals surface area contributed by atoms with Gasteiger partial charge in [0, 0.05) is 24.5 Å². The quantitative estimate of drug-likeness (QED) is 0.645. The lowest BCUT2D eigenvalue weighted by molar-refractivity contribution is -0.144. The third-order valence-electron chi connectivity index (χ3n) is 5.64. The van der Waals surface area contributed by atoms with Crippen molar-refractivity contribution in [2.24, 2.45) is 0 Å². The van der Waals surface area contributed by atoms with E-state index in [1.165, 1.54) is 0 Å². The van der Waals surface area contributed by atoms with Crippen LogP contribution in [-0.2, 0) is 29.0 Å². The highest BCUT2D eigenvalue weighted by Crippen LogP contribution is 2.38. The monoisotopic (exact) mass is 370 g/mol. The van der Waals surface area contributed by atoms with Gasteiger partial charge in [-0.2, -0.15) is 0 Å². The molecule has 142 valence electrons. The summed E-state index contributed by atoms with van der Waals surface area (Å²) < 4.78 is 8.86. The van der Waals surface area contributed by atoms with Crippen molar-refractivity contribution in [3.63, 3.8) is 0 Å². The molecule has 0 radical (unpaired) electrons. The molecule has 0 spiro atoms. The van der Waals surface area contributed by atoms with Crippen molar-refractivity contribution in [3.05, 3.63) is 46.0 Å². The van der Waals surface area contributed by atoms with Crippen LogP contribution in [0.15, 0.2) is 12.1 Å². The van der Waals surface area contributed by atoms with Gasteiger partial charge >= 0.3 is 11.9 Å². The van der Waals surface area contributed by atoms with Crippen molar-refractivity contribution in [2.45, 2.75) is 52.1 Å². The first-order valence-corrected chi connectivity index (χ1v) is 9.31. The Morgan fingerprint density at radius 3 is 2.70 bits per heavy atom. The van der Waals surface area contributed by atoms with Crippen molar-refractivity contribution < 1.29 is 24.2 Å². The Labute approximate surface area is 156 Å². The maximum Gasteiger partial charge on any atom is 0.337 e. The zero-order chi connectivity index (χ0) is 19.3. The summed E-state index contributed by atoms with van der Waals surface area (Å²) in [5.41, 5.74) is 2.97. The van der Waals surface area contributed by atoms with E-state index >= 15 is 0 Å². The van der Waals surface area contributed by atoms with Gasteiger partial charge in [-0.15, -0.1) is 0 Å². The van der Waals surface area contributed by atoms with Gasteiger partial charge in [-0.1, -0.05) is 0 Å². The number of aromatic nitrogens is 2. The maximum absolute atomic E-state index is 13.3. The summed E-state index contributed by atoms with van der Waals surface area (Å²) in [6.45, 7) is 4.84. The fraction of sp³-hybridized carbons (Fsp3) is 0.450. The first-order chi connectivity index (χ1) is 13.0. The molecule has 1 atom stereocenters. The zero-order valence-electron chi connectivity index (χ0n) is 15.4. The number of rotatable bonds is 5. The summed E-state index contributed by atoms with van der Waals surface area (Å²) >= 11 is 0. The third-order valence-corrected chi connectivity index (χ3v) is 5.64. The minimum absolute atomic E-state index is 0.0575. The molecule has 0 aliphatic carbocycles. The van der Waals surface area contributed by atoms with Gasteiger partial charge in [0.2, 0.25) is 5.78 Å². The summed E-state index contributed by atoms with van der Waals surface area (Å²) in [4.78, 5) is 37.6. The number of aromatic carboxylic acids is 1. The molecule has 0 saturated carbocycles. The van der Waals surface area contributed by atoms with Crippen LogP contribution in [0.25, 0.3) is 0 Å². The molecule has 7 heteroatoms.